The van der Waals surface area contributed by atoms with E-state index in [-0.39, 0.29) is 12.5 Å². The minimum Gasteiger partial charge on any atom is -0.756 e. The number of hydrogen-bond donors (Lipinski definition) is 2. The summed E-state index contributed by atoms with van der Waals surface area (Å²) in [6.07, 6.45) is 71.0. The number of allylic oxidation sites excluding steroid dienone is 5. The molecule has 0 radical (unpaired) electrons. The van der Waals surface area contributed by atoms with Gasteiger partial charge in [0.2, 0.25) is 5.91 Å². The molecule has 0 aromatic rings. The minimum absolute atomic E-state index is 0.00723. The summed E-state index contributed by atoms with van der Waals surface area (Å²) in [5.74, 6) is -0.205. The maximum absolute atomic E-state index is 13.0. The van der Waals surface area contributed by atoms with Crippen molar-refractivity contribution in [2.45, 2.75) is 321 Å². The molecule has 1 amide bonds. The fourth-order valence-electron chi connectivity index (χ4n) is 9.42. The Kier molecular flexibility index (Phi) is 53.5. The Morgan fingerprint density at radius 1 is 0.472 bits per heavy atom. The number of aliphatic hydroxyl groups excluding tert-OH is 1. The molecule has 9 heteroatoms. The Morgan fingerprint density at radius 3 is 1.12 bits per heavy atom. The van der Waals surface area contributed by atoms with Gasteiger partial charge in [-0.15, -0.1) is 0 Å². The highest BCUT2D eigenvalue weighted by molar-refractivity contribution is 7.45. The third-order valence-corrected chi connectivity index (χ3v) is 15.3. The van der Waals surface area contributed by atoms with Crippen molar-refractivity contribution in [1.82, 2.24) is 5.32 Å². The fraction of sp³-hybridized carbons (Fsp3) is 0.889. The molecule has 8 nitrogen and oxygen atoms in total. The Balaban J connectivity index is 4.19. The number of amides is 1. The van der Waals surface area contributed by atoms with E-state index in [4.69, 9.17) is 9.05 Å². The molecule has 72 heavy (non-hydrogen) atoms. The highest BCUT2D eigenvalue weighted by Crippen LogP contribution is 2.38. The van der Waals surface area contributed by atoms with Crippen molar-refractivity contribution in [3.05, 3.63) is 36.5 Å². The van der Waals surface area contributed by atoms with E-state index in [1.807, 2.05) is 27.2 Å². The molecular weight excluding hydrogens is 912 g/mol. The SMILES string of the molecule is CCCCCCCCCCCCCCCC/C=C/CC/C=C/CC/C=C/C(O)C(COP(=O)([O-])OCC[N+](C)(C)C)NC(=O)CCCCCCCCCCCCCCCCCCCCCCCCCCCC. The van der Waals surface area contributed by atoms with E-state index in [1.54, 1.807) is 6.08 Å². The largest absolute Gasteiger partial charge is 0.756 e. The number of nitrogens with one attached hydrogen (secondary N) is 1. The number of unbranched alkanes of at least 4 members (excludes halogenated alkanes) is 41. The summed E-state index contributed by atoms with van der Waals surface area (Å²) in [5, 5.41) is 13.9. The van der Waals surface area contributed by atoms with E-state index in [1.165, 1.54) is 244 Å². The van der Waals surface area contributed by atoms with Gasteiger partial charge < -0.3 is 28.8 Å². The van der Waals surface area contributed by atoms with Crippen LogP contribution in [0.15, 0.2) is 36.5 Å². The molecule has 0 aliphatic heterocycles. The average molecular weight is 1040 g/mol. The zero-order valence-electron chi connectivity index (χ0n) is 48.6. The number of aliphatic hydroxyl groups is 1. The van der Waals surface area contributed by atoms with Gasteiger partial charge in [0.05, 0.1) is 39.9 Å². The topological polar surface area (TPSA) is 108 Å². The minimum atomic E-state index is -4.61. The van der Waals surface area contributed by atoms with E-state index < -0.39 is 26.6 Å². The number of rotatable bonds is 58. The maximum Gasteiger partial charge on any atom is 0.268 e. The first-order valence-electron chi connectivity index (χ1n) is 31.4. The fourth-order valence-corrected chi connectivity index (χ4v) is 10.1. The van der Waals surface area contributed by atoms with Crippen LogP contribution in [0.1, 0.15) is 309 Å². The van der Waals surface area contributed by atoms with Crippen LogP contribution in [-0.4, -0.2) is 68.5 Å². The van der Waals surface area contributed by atoms with Crippen molar-refractivity contribution in [3.8, 4) is 0 Å². The van der Waals surface area contributed by atoms with Crippen LogP contribution >= 0.6 is 7.82 Å². The zero-order valence-corrected chi connectivity index (χ0v) is 49.5. The third kappa shape index (κ3) is 56.4. The molecular formula is C63H123N2O6P. The quantitative estimate of drug-likeness (QED) is 0.0272. The van der Waals surface area contributed by atoms with Crippen LogP contribution < -0.4 is 10.2 Å². The van der Waals surface area contributed by atoms with Crippen molar-refractivity contribution < 1.29 is 32.9 Å². The Labute approximate surface area is 448 Å². The predicted octanol–water partition coefficient (Wildman–Crippen LogP) is 18.7. The summed E-state index contributed by atoms with van der Waals surface area (Å²) in [6.45, 7) is 4.67. The van der Waals surface area contributed by atoms with Gasteiger partial charge in [0, 0.05) is 6.42 Å². The van der Waals surface area contributed by atoms with Gasteiger partial charge in [0.25, 0.3) is 7.82 Å². The molecule has 0 aromatic carbocycles. The number of phosphoric ester groups is 1. The van der Waals surface area contributed by atoms with Crippen molar-refractivity contribution >= 4 is 13.7 Å². The third-order valence-electron chi connectivity index (χ3n) is 14.3. The first kappa shape index (κ1) is 70.7. The standard InChI is InChI=1S/C63H123N2O6P/c1-6-8-10-12-14-16-18-20-22-24-26-28-30-32-33-35-37-39-41-43-45-47-49-51-53-55-57-63(67)64-61(60-71-72(68,69)70-59-58-65(3,4)5)62(66)56-54-52-50-48-46-44-42-40-38-36-34-31-29-27-25-23-21-19-17-15-13-11-9-7-2/h38,40,46,48,54,56,61-62,66H,6-37,39,41-45,47,49-53,55,57-60H2,1-5H3,(H-,64,67,68,69)/b40-38+,48-46+,56-54+. The molecule has 0 saturated heterocycles. The molecule has 0 aliphatic carbocycles. The van der Waals surface area contributed by atoms with Gasteiger partial charge in [-0.3, -0.25) is 9.36 Å². The first-order chi connectivity index (χ1) is 35.0. The molecule has 2 N–H and O–H groups in total. The van der Waals surface area contributed by atoms with Crippen LogP contribution in [0, 0.1) is 0 Å². The molecule has 0 aliphatic rings. The van der Waals surface area contributed by atoms with Crippen LogP contribution in [0.25, 0.3) is 0 Å². The lowest BCUT2D eigenvalue weighted by atomic mass is 10.0. The van der Waals surface area contributed by atoms with Gasteiger partial charge in [-0.1, -0.05) is 294 Å². The highest BCUT2D eigenvalue weighted by Gasteiger charge is 2.23. The molecule has 0 aromatic heterocycles. The lowest BCUT2D eigenvalue weighted by molar-refractivity contribution is -0.870. The number of likely N-dealkylation sites (N-methyl/N-ethyl adjacent to an activating group) is 1. The molecule has 3 atom stereocenters. The van der Waals surface area contributed by atoms with Crippen molar-refractivity contribution in [2.75, 3.05) is 40.9 Å². The van der Waals surface area contributed by atoms with E-state index >= 15 is 0 Å². The lowest BCUT2D eigenvalue weighted by Crippen LogP contribution is -2.45. The Bertz CT molecular complexity index is 1270. The van der Waals surface area contributed by atoms with Crippen LogP contribution in [0.4, 0.5) is 0 Å². The Hall–Kier alpha value is -1.28. The first-order valence-corrected chi connectivity index (χ1v) is 32.8. The van der Waals surface area contributed by atoms with Gasteiger partial charge in [-0.05, 0) is 44.9 Å². The molecule has 0 fully saturated rings. The van der Waals surface area contributed by atoms with Crippen LogP contribution in [0.2, 0.25) is 0 Å². The summed E-state index contributed by atoms with van der Waals surface area (Å²) in [5.41, 5.74) is 0. The van der Waals surface area contributed by atoms with Gasteiger partial charge in [-0.2, -0.15) is 0 Å². The van der Waals surface area contributed by atoms with Gasteiger partial charge >= 0.3 is 0 Å². The zero-order chi connectivity index (χ0) is 52.7. The summed E-state index contributed by atoms with van der Waals surface area (Å²) in [4.78, 5) is 25.5. The molecule has 0 spiro atoms. The Morgan fingerprint density at radius 2 is 0.778 bits per heavy atom. The number of carbonyl (C=O) groups is 1. The van der Waals surface area contributed by atoms with E-state index in [0.717, 1.165) is 44.9 Å². The molecule has 0 heterocycles. The number of phosphoric acid groups is 1. The second-order valence-corrected chi connectivity index (χ2v) is 24.2. The average Bonchev–Trinajstić information content (AvgIpc) is 3.34. The van der Waals surface area contributed by atoms with Gasteiger partial charge in [-0.25, -0.2) is 0 Å². The van der Waals surface area contributed by atoms with E-state index in [2.05, 4.69) is 43.5 Å². The molecule has 426 valence electrons. The number of quaternary nitrogens is 1. The van der Waals surface area contributed by atoms with Gasteiger partial charge in [0.15, 0.2) is 0 Å². The summed E-state index contributed by atoms with van der Waals surface area (Å²) in [7, 11) is 1.25. The smallest absolute Gasteiger partial charge is 0.268 e. The number of nitrogens with zero attached hydrogens (tertiary/aromatic N) is 1. The summed E-state index contributed by atoms with van der Waals surface area (Å²) in [6, 6.07) is -0.908. The van der Waals surface area contributed by atoms with Crippen molar-refractivity contribution in [1.29, 1.82) is 0 Å². The maximum atomic E-state index is 13.0. The molecule has 0 bridgehead atoms. The second-order valence-electron chi connectivity index (χ2n) is 22.8. The predicted molar refractivity (Wildman–Crippen MR) is 311 cm³/mol. The number of hydrogen-bond acceptors (Lipinski definition) is 6. The highest BCUT2D eigenvalue weighted by atomic mass is 31.2. The normalized spacial score (nSPS) is 14.0. The summed E-state index contributed by atoms with van der Waals surface area (Å²) >= 11 is 0. The number of carbonyl (C=O) groups excluding carboxylic acids is 1. The molecule has 0 saturated carbocycles. The van der Waals surface area contributed by atoms with Crippen LogP contribution in [0.3, 0.4) is 0 Å². The molecule has 0 rings (SSSR count). The van der Waals surface area contributed by atoms with E-state index in [0.29, 0.717) is 17.4 Å². The van der Waals surface area contributed by atoms with Crippen LogP contribution in [0.5, 0.6) is 0 Å². The van der Waals surface area contributed by atoms with Crippen molar-refractivity contribution in [2.24, 2.45) is 0 Å². The van der Waals surface area contributed by atoms with Gasteiger partial charge in [0.1, 0.15) is 13.2 Å². The van der Waals surface area contributed by atoms with E-state index in [9.17, 15) is 19.4 Å². The lowest BCUT2D eigenvalue weighted by Gasteiger charge is -2.29. The van der Waals surface area contributed by atoms with Crippen LogP contribution in [-0.2, 0) is 18.4 Å². The second kappa shape index (κ2) is 54.5. The van der Waals surface area contributed by atoms with Crippen molar-refractivity contribution in [3.63, 3.8) is 0 Å². The monoisotopic (exact) mass is 1030 g/mol. The summed E-state index contributed by atoms with van der Waals surface area (Å²) < 4.78 is 23.4. The molecule has 3 unspecified atom stereocenters.